The molecule has 0 aliphatic carbocycles. The molecule has 0 fully saturated rings. The van der Waals surface area contributed by atoms with Crippen LogP contribution in [0, 0.1) is 0 Å². The van der Waals surface area contributed by atoms with Crippen LogP contribution in [0.1, 0.15) is 10.4 Å². The molecule has 1 aliphatic heterocycles. The number of benzene rings is 2. The zero-order valence-corrected chi connectivity index (χ0v) is 15.9. The molecule has 28 heavy (non-hydrogen) atoms. The van der Waals surface area contributed by atoms with E-state index in [9.17, 15) is 4.79 Å². The van der Waals surface area contributed by atoms with Crippen LogP contribution >= 0.6 is 11.8 Å². The van der Waals surface area contributed by atoms with Gasteiger partial charge in [0.2, 0.25) is 12.7 Å². The van der Waals surface area contributed by atoms with Crippen LogP contribution < -0.4 is 18.9 Å². The van der Waals surface area contributed by atoms with E-state index in [0.717, 1.165) is 11.8 Å². The maximum absolute atomic E-state index is 12.5. The Bertz CT molecular complexity index is 1020. The molecule has 0 saturated heterocycles. The molecule has 0 radical (unpaired) electrons. The number of carbonyl (C=O) groups is 1. The normalized spacial score (nSPS) is 12.1. The molecule has 0 amide bonds. The predicted molar refractivity (Wildman–Crippen MR) is 100 cm³/mol. The van der Waals surface area contributed by atoms with Crippen molar-refractivity contribution >= 4 is 17.5 Å². The largest absolute Gasteiger partial charge is 0.497 e. The van der Waals surface area contributed by atoms with Gasteiger partial charge in [-0.2, -0.15) is 0 Å². The molecule has 2 heterocycles. The Morgan fingerprint density at radius 3 is 2.75 bits per heavy atom. The topological polar surface area (TPSA) is 92.9 Å². The van der Waals surface area contributed by atoms with Gasteiger partial charge in [0.25, 0.3) is 5.22 Å². The Balaban J connectivity index is 1.44. The second-order valence-electron chi connectivity index (χ2n) is 5.72. The van der Waals surface area contributed by atoms with E-state index in [4.69, 9.17) is 23.4 Å². The number of methoxy groups -OCH3 is 2. The summed E-state index contributed by atoms with van der Waals surface area (Å²) in [4.78, 5) is 12.5. The molecule has 0 spiro atoms. The first-order chi connectivity index (χ1) is 13.7. The molecule has 0 saturated carbocycles. The smallest absolute Gasteiger partial charge is 0.277 e. The summed E-state index contributed by atoms with van der Waals surface area (Å²) in [5.41, 5.74) is 1.18. The van der Waals surface area contributed by atoms with Gasteiger partial charge in [0.15, 0.2) is 17.3 Å². The number of Topliss-reactive ketones (excluding diaryl/α,β-unsaturated/α-hetero) is 1. The lowest BCUT2D eigenvalue weighted by atomic mass is 10.1. The summed E-state index contributed by atoms with van der Waals surface area (Å²) in [6.45, 7) is 0.195. The van der Waals surface area contributed by atoms with Gasteiger partial charge in [-0.3, -0.25) is 4.79 Å². The molecule has 9 heteroatoms. The summed E-state index contributed by atoms with van der Waals surface area (Å²) < 4.78 is 26.7. The molecule has 2 aromatic carbocycles. The van der Waals surface area contributed by atoms with E-state index in [2.05, 4.69) is 10.2 Å². The maximum Gasteiger partial charge on any atom is 0.277 e. The Kier molecular flexibility index (Phi) is 5.07. The van der Waals surface area contributed by atoms with Gasteiger partial charge < -0.3 is 23.4 Å². The average Bonchev–Trinajstić information content (AvgIpc) is 3.40. The number of thioether (sulfide) groups is 1. The molecule has 144 valence electrons. The van der Waals surface area contributed by atoms with E-state index in [0.29, 0.717) is 45.2 Å². The third kappa shape index (κ3) is 3.61. The summed E-state index contributed by atoms with van der Waals surface area (Å²) in [5, 5.41) is 8.32. The van der Waals surface area contributed by atoms with E-state index in [1.165, 1.54) is 7.11 Å². The molecule has 0 unspecified atom stereocenters. The van der Waals surface area contributed by atoms with Gasteiger partial charge in [0, 0.05) is 11.6 Å². The van der Waals surface area contributed by atoms with Crippen LogP contribution in [0.2, 0.25) is 0 Å². The van der Waals surface area contributed by atoms with Gasteiger partial charge in [-0.05, 0) is 30.3 Å². The molecule has 8 nitrogen and oxygen atoms in total. The quantitative estimate of drug-likeness (QED) is 0.436. The first-order valence-corrected chi connectivity index (χ1v) is 9.28. The van der Waals surface area contributed by atoms with Crippen LogP contribution in [-0.4, -0.2) is 42.7 Å². The Hall–Kier alpha value is -3.20. The Morgan fingerprint density at radius 2 is 1.93 bits per heavy atom. The number of hydrogen-bond donors (Lipinski definition) is 0. The molecule has 1 aliphatic rings. The van der Waals surface area contributed by atoms with Crippen molar-refractivity contribution in [2.24, 2.45) is 0 Å². The average molecular weight is 400 g/mol. The van der Waals surface area contributed by atoms with Crippen LogP contribution in [0.25, 0.3) is 11.5 Å². The third-order valence-electron chi connectivity index (χ3n) is 4.06. The number of fused-ring (bicyclic) bond motifs is 1. The molecule has 3 aromatic rings. The zero-order chi connectivity index (χ0) is 19.5. The van der Waals surface area contributed by atoms with Crippen molar-refractivity contribution in [2.45, 2.75) is 5.22 Å². The number of rotatable bonds is 7. The van der Waals surface area contributed by atoms with Crippen LogP contribution in [0.3, 0.4) is 0 Å². The van der Waals surface area contributed by atoms with Crippen molar-refractivity contribution in [3.8, 4) is 34.5 Å². The van der Waals surface area contributed by atoms with E-state index in [-0.39, 0.29) is 18.3 Å². The van der Waals surface area contributed by atoms with Crippen molar-refractivity contribution < 1.29 is 28.2 Å². The standard InChI is InChI=1S/C19H16N2O6S/c1-23-12-4-5-13(16(8-12)24-2)14(22)9-28-19-21-20-18(27-19)11-3-6-15-17(7-11)26-10-25-15/h3-8H,9-10H2,1-2H3. The van der Waals surface area contributed by atoms with Crippen molar-refractivity contribution in [2.75, 3.05) is 26.8 Å². The highest BCUT2D eigenvalue weighted by Gasteiger charge is 2.18. The lowest BCUT2D eigenvalue weighted by Gasteiger charge is -2.08. The SMILES string of the molecule is COc1ccc(C(=O)CSc2nnc(-c3ccc4c(c3)OCO4)o2)c(OC)c1. The lowest BCUT2D eigenvalue weighted by molar-refractivity contribution is 0.101. The number of ether oxygens (including phenoxy) is 4. The zero-order valence-electron chi connectivity index (χ0n) is 15.1. The predicted octanol–water partition coefficient (Wildman–Crippen LogP) is 3.46. The Morgan fingerprint density at radius 1 is 1.07 bits per heavy atom. The molecule has 4 rings (SSSR count). The number of carbonyl (C=O) groups excluding carboxylic acids is 1. The molecule has 0 atom stereocenters. The minimum atomic E-state index is -0.118. The number of aromatic nitrogens is 2. The molecular weight excluding hydrogens is 384 g/mol. The summed E-state index contributed by atoms with van der Waals surface area (Å²) >= 11 is 1.16. The van der Waals surface area contributed by atoms with Crippen molar-refractivity contribution in [1.29, 1.82) is 0 Å². The summed E-state index contributed by atoms with van der Waals surface area (Å²) in [6, 6.07) is 10.4. The van der Waals surface area contributed by atoms with Gasteiger partial charge in [-0.1, -0.05) is 11.8 Å². The Labute approximate surface area is 164 Å². The number of hydrogen-bond acceptors (Lipinski definition) is 9. The van der Waals surface area contributed by atoms with Crippen molar-refractivity contribution in [3.63, 3.8) is 0 Å². The fraction of sp³-hybridized carbons (Fsp3) is 0.211. The van der Waals surface area contributed by atoms with Gasteiger partial charge in [0.1, 0.15) is 11.5 Å². The minimum Gasteiger partial charge on any atom is -0.497 e. The maximum atomic E-state index is 12.5. The van der Waals surface area contributed by atoms with Crippen molar-refractivity contribution in [1.82, 2.24) is 10.2 Å². The first kappa shape index (κ1) is 18.2. The van der Waals surface area contributed by atoms with Gasteiger partial charge in [0.05, 0.1) is 25.5 Å². The molecule has 1 aromatic heterocycles. The summed E-state index contributed by atoms with van der Waals surface area (Å²) in [7, 11) is 3.06. The van der Waals surface area contributed by atoms with Crippen LogP contribution in [0.5, 0.6) is 23.0 Å². The second kappa shape index (κ2) is 7.81. The first-order valence-electron chi connectivity index (χ1n) is 8.29. The fourth-order valence-corrected chi connectivity index (χ4v) is 3.29. The molecule has 0 bridgehead atoms. The second-order valence-corrected chi connectivity index (χ2v) is 6.65. The fourth-order valence-electron chi connectivity index (χ4n) is 2.65. The number of ketones is 1. The summed E-state index contributed by atoms with van der Waals surface area (Å²) in [6.07, 6.45) is 0. The highest BCUT2D eigenvalue weighted by molar-refractivity contribution is 7.99. The molecular formula is C19H16N2O6S. The highest BCUT2D eigenvalue weighted by atomic mass is 32.2. The van der Waals surface area contributed by atoms with Gasteiger partial charge >= 0.3 is 0 Å². The van der Waals surface area contributed by atoms with Crippen LogP contribution in [0.15, 0.2) is 46.0 Å². The lowest BCUT2D eigenvalue weighted by Crippen LogP contribution is -2.05. The number of nitrogens with zero attached hydrogens (tertiary/aromatic N) is 2. The highest BCUT2D eigenvalue weighted by Crippen LogP contribution is 2.36. The molecule has 0 N–H and O–H groups in total. The van der Waals surface area contributed by atoms with Crippen LogP contribution in [0.4, 0.5) is 0 Å². The minimum absolute atomic E-state index is 0.118. The van der Waals surface area contributed by atoms with E-state index in [1.807, 2.05) is 6.07 Å². The van der Waals surface area contributed by atoms with Crippen LogP contribution in [-0.2, 0) is 0 Å². The van der Waals surface area contributed by atoms with Crippen molar-refractivity contribution in [3.05, 3.63) is 42.0 Å². The summed E-state index contributed by atoms with van der Waals surface area (Å²) in [5.74, 6) is 2.74. The van der Waals surface area contributed by atoms with Gasteiger partial charge in [-0.25, -0.2) is 0 Å². The van der Waals surface area contributed by atoms with E-state index < -0.39 is 0 Å². The van der Waals surface area contributed by atoms with Gasteiger partial charge in [-0.15, -0.1) is 10.2 Å². The third-order valence-corrected chi connectivity index (χ3v) is 4.88. The van der Waals surface area contributed by atoms with E-state index >= 15 is 0 Å². The van der Waals surface area contributed by atoms with E-state index in [1.54, 1.807) is 37.4 Å². The monoisotopic (exact) mass is 400 g/mol.